The maximum absolute atomic E-state index is 13.9. The summed E-state index contributed by atoms with van der Waals surface area (Å²) in [5.41, 5.74) is 1.48. The van der Waals surface area contributed by atoms with Crippen molar-refractivity contribution in [2.45, 2.75) is 63.4 Å². The average molecular weight is 302 g/mol. The molecule has 1 unspecified atom stereocenters. The SMILES string of the molecule is CCCCCCC(F)Cc1cc(S(=O)(=O)O)ccc1C. The number of hydrogen-bond acceptors (Lipinski definition) is 2. The van der Waals surface area contributed by atoms with E-state index in [0.29, 0.717) is 12.0 Å². The van der Waals surface area contributed by atoms with Crippen LogP contribution in [0.5, 0.6) is 0 Å². The van der Waals surface area contributed by atoms with E-state index >= 15 is 0 Å². The predicted octanol–water partition coefficient (Wildman–Crippen LogP) is 4.09. The number of benzene rings is 1. The van der Waals surface area contributed by atoms with Crippen molar-refractivity contribution in [3.05, 3.63) is 29.3 Å². The van der Waals surface area contributed by atoms with Crippen LogP contribution in [0.25, 0.3) is 0 Å². The number of aryl methyl sites for hydroxylation is 1. The summed E-state index contributed by atoms with van der Waals surface area (Å²) in [6, 6.07) is 4.30. The van der Waals surface area contributed by atoms with Crippen LogP contribution in [0.15, 0.2) is 23.1 Å². The van der Waals surface area contributed by atoms with Crippen LogP contribution in [0, 0.1) is 6.92 Å². The highest BCUT2D eigenvalue weighted by Crippen LogP contribution is 2.20. The number of hydrogen-bond donors (Lipinski definition) is 1. The van der Waals surface area contributed by atoms with E-state index in [9.17, 15) is 12.8 Å². The fraction of sp³-hybridized carbons (Fsp3) is 0.600. The van der Waals surface area contributed by atoms with Gasteiger partial charge in [0, 0.05) is 6.42 Å². The molecule has 114 valence electrons. The summed E-state index contributed by atoms with van der Waals surface area (Å²) in [4.78, 5) is -0.170. The molecular formula is C15H23FO3S. The zero-order valence-electron chi connectivity index (χ0n) is 12.1. The molecule has 0 heterocycles. The molecule has 1 atom stereocenters. The number of alkyl halides is 1. The lowest BCUT2D eigenvalue weighted by molar-refractivity contribution is 0.302. The van der Waals surface area contributed by atoms with Crippen LogP contribution in [-0.4, -0.2) is 19.1 Å². The maximum Gasteiger partial charge on any atom is 0.294 e. The van der Waals surface area contributed by atoms with E-state index < -0.39 is 16.3 Å². The first-order valence-corrected chi connectivity index (χ1v) is 8.49. The van der Waals surface area contributed by atoms with Gasteiger partial charge in [-0.25, -0.2) is 4.39 Å². The van der Waals surface area contributed by atoms with Crippen molar-refractivity contribution < 1.29 is 17.4 Å². The van der Waals surface area contributed by atoms with E-state index in [1.54, 1.807) is 6.07 Å². The van der Waals surface area contributed by atoms with Gasteiger partial charge >= 0.3 is 0 Å². The smallest absolute Gasteiger partial charge is 0.282 e. The molecule has 1 aromatic carbocycles. The van der Waals surface area contributed by atoms with Gasteiger partial charge in [0.05, 0.1) is 4.90 Å². The third-order valence-electron chi connectivity index (χ3n) is 3.43. The van der Waals surface area contributed by atoms with Crippen LogP contribution >= 0.6 is 0 Å². The lowest BCUT2D eigenvalue weighted by Crippen LogP contribution is -2.08. The van der Waals surface area contributed by atoms with Crippen molar-refractivity contribution in [2.24, 2.45) is 0 Å². The molecule has 0 bridgehead atoms. The molecule has 0 spiro atoms. The Morgan fingerprint density at radius 2 is 1.95 bits per heavy atom. The van der Waals surface area contributed by atoms with Crippen molar-refractivity contribution in [2.75, 3.05) is 0 Å². The monoisotopic (exact) mass is 302 g/mol. The minimum Gasteiger partial charge on any atom is -0.282 e. The largest absolute Gasteiger partial charge is 0.294 e. The molecular weight excluding hydrogens is 279 g/mol. The summed E-state index contributed by atoms with van der Waals surface area (Å²) in [6.07, 6.45) is 3.84. The Balaban J connectivity index is 2.67. The van der Waals surface area contributed by atoms with Crippen LogP contribution in [0.4, 0.5) is 4.39 Å². The Morgan fingerprint density at radius 3 is 2.55 bits per heavy atom. The van der Waals surface area contributed by atoms with E-state index in [2.05, 4.69) is 6.92 Å². The predicted molar refractivity (Wildman–Crippen MR) is 78.4 cm³/mol. The molecule has 5 heteroatoms. The van der Waals surface area contributed by atoms with Crippen molar-refractivity contribution in [3.63, 3.8) is 0 Å². The van der Waals surface area contributed by atoms with Crippen molar-refractivity contribution in [1.29, 1.82) is 0 Å². The molecule has 0 aliphatic carbocycles. The highest BCUT2D eigenvalue weighted by atomic mass is 32.2. The summed E-state index contributed by atoms with van der Waals surface area (Å²) in [5.74, 6) is 0. The quantitative estimate of drug-likeness (QED) is 0.581. The molecule has 1 rings (SSSR count). The van der Waals surface area contributed by atoms with Gasteiger partial charge in [-0.15, -0.1) is 0 Å². The molecule has 20 heavy (non-hydrogen) atoms. The standard InChI is InChI=1S/C15H23FO3S/c1-3-4-5-6-7-14(16)10-13-11-15(20(17,18)19)9-8-12(13)2/h8-9,11,14H,3-7,10H2,1-2H3,(H,17,18,19). The molecule has 0 radical (unpaired) electrons. The van der Waals surface area contributed by atoms with Gasteiger partial charge in [0.2, 0.25) is 0 Å². The number of unbranched alkanes of at least 4 members (excludes halogenated alkanes) is 3. The summed E-state index contributed by atoms with van der Waals surface area (Å²) >= 11 is 0. The zero-order valence-corrected chi connectivity index (χ0v) is 12.9. The maximum atomic E-state index is 13.9. The van der Waals surface area contributed by atoms with Gasteiger partial charge in [-0.1, -0.05) is 38.7 Å². The molecule has 0 aromatic heterocycles. The Morgan fingerprint density at radius 1 is 1.25 bits per heavy atom. The van der Waals surface area contributed by atoms with E-state index in [-0.39, 0.29) is 11.3 Å². The highest BCUT2D eigenvalue weighted by molar-refractivity contribution is 7.85. The second kappa shape index (κ2) is 7.74. The second-order valence-electron chi connectivity index (χ2n) is 5.21. The van der Waals surface area contributed by atoms with Gasteiger partial charge in [0.25, 0.3) is 10.1 Å². The fourth-order valence-corrected chi connectivity index (χ4v) is 2.69. The topological polar surface area (TPSA) is 54.4 Å². The summed E-state index contributed by atoms with van der Waals surface area (Å²) in [7, 11) is -4.22. The minimum absolute atomic E-state index is 0.170. The Bertz CT molecular complexity index is 526. The van der Waals surface area contributed by atoms with Crippen molar-refractivity contribution in [1.82, 2.24) is 0 Å². The molecule has 3 nitrogen and oxygen atoms in total. The van der Waals surface area contributed by atoms with Crippen molar-refractivity contribution >= 4 is 10.1 Å². The van der Waals surface area contributed by atoms with Gasteiger partial charge in [-0.2, -0.15) is 8.42 Å². The van der Waals surface area contributed by atoms with Gasteiger partial charge in [0.15, 0.2) is 0 Å². The van der Waals surface area contributed by atoms with Gasteiger partial charge in [0.1, 0.15) is 6.17 Å². The average Bonchev–Trinajstić information content (AvgIpc) is 2.36. The molecule has 0 aliphatic rings. The second-order valence-corrected chi connectivity index (χ2v) is 6.64. The zero-order chi connectivity index (χ0) is 15.2. The lowest BCUT2D eigenvalue weighted by Gasteiger charge is -2.11. The van der Waals surface area contributed by atoms with Crippen molar-refractivity contribution in [3.8, 4) is 0 Å². The number of rotatable bonds is 8. The Kier molecular flexibility index (Phi) is 6.62. The lowest BCUT2D eigenvalue weighted by atomic mass is 10.00. The third-order valence-corrected chi connectivity index (χ3v) is 4.28. The van der Waals surface area contributed by atoms with Crippen LogP contribution < -0.4 is 0 Å². The Hall–Kier alpha value is -0.940. The summed E-state index contributed by atoms with van der Waals surface area (Å²) in [6.45, 7) is 3.92. The molecule has 0 amide bonds. The minimum atomic E-state index is -4.22. The van der Waals surface area contributed by atoms with Gasteiger partial charge in [-0.05, 0) is 36.6 Å². The van der Waals surface area contributed by atoms with Crippen LogP contribution in [0.1, 0.15) is 50.2 Å². The molecule has 0 saturated carbocycles. The van der Waals surface area contributed by atoms with Crippen LogP contribution in [0.2, 0.25) is 0 Å². The van der Waals surface area contributed by atoms with E-state index in [1.807, 2.05) is 6.92 Å². The third kappa shape index (κ3) is 5.59. The highest BCUT2D eigenvalue weighted by Gasteiger charge is 2.14. The fourth-order valence-electron chi connectivity index (χ4n) is 2.16. The molecule has 0 fully saturated rings. The van der Waals surface area contributed by atoms with Crippen LogP contribution in [-0.2, 0) is 16.5 Å². The van der Waals surface area contributed by atoms with E-state index in [0.717, 1.165) is 31.2 Å². The van der Waals surface area contributed by atoms with E-state index in [4.69, 9.17) is 4.55 Å². The van der Waals surface area contributed by atoms with Gasteiger partial charge in [-0.3, -0.25) is 4.55 Å². The summed E-state index contributed by atoms with van der Waals surface area (Å²) < 4.78 is 45.1. The first kappa shape index (κ1) is 17.1. The first-order valence-electron chi connectivity index (χ1n) is 7.05. The van der Waals surface area contributed by atoms with Gasteiger partial charge < -0.3 is 0 Å². The normalized spacial score (nSPS) is 13.4. The first-order chi connectivity index (χ1) is 9.34. The Labute approximate surface area is 121 Å². The summed E-state index contributed by atoms with van der Waals surface area (Å²) in [5, 5.41) is 0. The molecule has 0 aliphatic heterocycles. The van der Waals surface area contributed by atoms with E-state index in [1.165, 1.54) is 12.1 Å². The molecule has 0 saturated heterocycles. The molecule has 1 aromatic rings. The van der Waals surface area contributed by atoms with Crippen LogP contribution in [0.3, 0.4) is 0 Å². The molecule has 1 N–H and O–H groups in total. The number of halogens is 1.